The number of thiophene rings is 1. The SMILES string of the molecule is Cc1nn(-c2ccccc2)c2sc(C(=O)O[C@H]3CCCCC3=O)cc12. The second-order valence-electron chi connectivity index (χ2n) is 6.27. The highest BCUT2D eigenvalue weighted by atomic mass is 32.1. The molecule has 0 N–H and O–H groups in total. The highest BCUT2D eigenvalue weighted by Gasteiger charge is 2.27. The lowest BCUT2D eigenvalue weighted by atomic mass is 9.96. The van der Waals surface area contributed by atoms with E-state index in [1.165, 1.54) is 11.3 Å². The molecule has 1 saturated carbocycles. The van der Waals surface area contributed by atoms with Crippen LogP contribution in [0.3, 0.4) is 0 Å². The Morgan fingerprint density at radius 2 is 2.08 bits per heavy atom. The van der Waals surface area contributed by atoms with Crippen molar-refractivity contribution in [2.24, 2.45) is 0 Å². The number of carbonyl (C=O) groups excluding carboxylic acids is 2. The lowest BCUT2D eigenvalue weighted by Gasteiger charge is -2.20. The van der Waals surface area contributed by atoms with Crippen LogP contribution < -0.4 is 0 Å². The minimum absolute atomic E-state index is 0.0346. The number of para-hydroxylation sites is 1. The number of Topliss-reactive ketones (excluding diaryl/α,β-unsaturated/α-hetero) is 1. The predicted octanol–water partition coefficient (Wildman–Crippen LogP) is 4.06. The minimum atomic E-state index is -0.585. The maximum absolute atomic E-state index is 12.5. The fraction of sp³-hybridized carbons (Fsp3) is 0.316. The molecule has 0 amide bonds. The third kappa shape index (κ3) is 2.98. The van der Waals surface area contributed by atoms with E-state index in [2.05, 4.69) is 5.10 Å². The third-order valence-corrected chi connectivity index (χ3v) is 5.59. The second-order valence-corrected chi connectivity index (χ2v) is 7.30. The van der Waals surface area contributed by atoms with E-state index in [0.29, 0.717) is 17.7 Å². The number of hydrogen-bond donors (Lipinski definition) is 0. The van der Waals surface area contributed by atoms with E-state index >= 15 is 0 Å². The van der Waals surface area contributed by atoms with Crippen LogP contribution in [-0.2, 0) is 9.53 Å². The molecule has 128 valence electrons. The fourth-order valence-electron chi connectivity index (χ4n) is 3.15. The Labute approximate surface area is 149 Å². The van der Waals surface area contributed by atoms with Gasteiger partial charge in [-0.2, -0.15) is 5.10 Å². The van der Waals surface area contributed by atoms with Crippen LogP contribution in [0, 0.1) is 6.92 Å². The van der Waals surface area contributed by atoms with Crippen molar-refractivity contribution in [3.63, 3.8) is 0 Å². The highest BCUT2D eigenvalue weighted by Crippen LogP contribution is 2.31. The van der Waals surface area contributed by atoms with Gasteiger partial charge in [-0.1, -0.05) is 18.2 Å². The van der Waals surface area contributed by atoms with E-state index in [1.54, 1.807) is 0 Å². The zero-order valence-corrected chi connectivity index (χ0v) is 14.7. The van der Waals surface area contributed by atoms with E-state index in [9.17, 15) is 9.59 Å². The van der Waals surface area contributed by atoms with Crippen molar-refractivity contribution < 1.29 is 14.3 Å². The summed E-state index contributed by atoms with van der Waals surface area (Å²) in [4.78, 5) is 25.8. The molecule has 0 saturated heterocycles. The number of esters is 1. The first-order chi connectivity index (χ1) is 12.1. The van der Waals surface area contributed by atoms with Gasteiger partial charge in [-0.3, -0.25) is 4.79 Å². The number of aryl methyl sites for hydroxylation is 1. The van der Waals surface area contributed by atoms with Gasteiger partial charge >= 0.3 is 5.97 Å². The first kappa shape index (κ1) is 16.0. The molecule has 1 aliphatic carbocycles. The lowest BCUT2D eigenvalue weighted by molar-refractivity contribution is -0.129. The van der Waals surface area contributed by atoms with Crippen molar-refractivity contribution in [1.29, 1.82) is 0 Å². The number of carbonyl (C=O) groups is 2. The molecule has 5 nitrogen and oxygen atoms in total. The molecule has 4 rings (SSSR count). The summed E-state index contributed by atoms with van der Waals surface area (Å²) in [6.07, 6.45) is 2.37. The number of aromatic nitrogens is 2. The molecule has 0 aliphatic heterocycles. The molecular weight excluding hydrogens is 336 g/mol. The number of ketones is 1. The summed E-state index contributed by atoms with van der Waals surface area (Å²) in [7, 11) is 0. The topological polar surface area (TPSA) is 61.2 Å². The minimum Gasteiger partial charge on any atom is -0.450 e. The quantitative estimate of drug-likeness (QED) is 0.665. The molecule has 1 aliphatic rings. The monoisotopic (exact) mass is 354 g/mol. The normalized spacial score (nSPS) is 17.8. The average molecular weight is 354 g/mol. The Morgan fingerprint density at radius 3 is 2.84 bits per heavy atom. The van der Waals surface area contributed by atoms with Crippen molar-refractivity contribution in [2.45, 2.75) is 38.7 Å². The van der Waals surface area contributed by atoms with Crippen LogP contribution in [0.4, 0.5) is 0 Å². The molecule has 3 aromatic rings. The summed E-state index contributed by atoms with van der Waals surface area (Å²) in [6, 6.07) is 11.6. The smallest absolute Gasteiger partial charge is 0.349 e. The van der Waals surface area contributed by atoms with Crippen LogP contribution in [0.5, 0.6) is 0 Å². The molecule has 0 spiro atoms. The second kappa shape index (κ2) is 6.44. The largest absolute Gasteiger partial charge is 0.450 e. The molecule has 0 radical (unpaired) electrons. The third-order valence-electron chi connectivity index (χ3n) is 4.49. The average Bonchev–Trinajstić information content (AvgIpc) is 3.19. The van der Waals surface area contributed by atoms with Gasteiger partial charge in [0.05, 0.1) is 11.4 Å². The molecule has 0 bridgehead atoms. The van der Waals surface area contributed by atoms with Crippen molar-refractivity contribution in [3.8, 4) is 5.69 Å². The van der Waals surface area contributed by atoms with E-state index in [0.717, 1.165) is 34.4 Å². The van der Waals surface area contributed by atoms with Crippen molar-refractivity contribution in [3.05, 3.63) is 47.0 Å². The Balaban J connectivity index is 1.65. The Hall–Kier alpha value is -2.47. The zero-order chi connectivity index (χ0) is 17.4. The maximum Gasteiger partial charge on any atom is 0.349 e. The molecule has 2 heterocycles. The lowest BCUT2D eigenvalue weighted by Crippen LogP contribution is -2.29. The van der Waals surface area contributed by atoms with Crippen LogP contribution in [-0.4, -0.2) is 27.6 Å². The summed E-state index contributed by atoms with van der Waals surface area (Å²) >= 11 is 1.35. The van der Waals surface area contributed by atoms with Gasteiger partial charge in [0.2, 0.25) is 0 Å². The molecular formula is C19H18N2O3S. The predicted molar refractivity (Wildman–Crippen MR) is 96.4 cm³/mol. The highest BCUT2D eigenvalue weighted by molar-refractivity contribution is 7.20. The molecule has 1 aromatic carbocycles. The van der Waals surface area contributed by atoms with Gasteiger partial charge in [-0.05, 0) is 44.4 Å². The Morgan fingerprint density at radius 1 is 1.28 bits per heavy atom. The van der Waals surface area contributed by atoms with Crippen LogP contribution in [0.1, 0.15) is 41.0 Å². The van der Waals surface area contributed by atoms with Gasteiger partial charge < -0.3 is 4.74 Å². The van der Waals surface area contributed by atoms with E-state index < -0.39 is 12.1 Å². The summed E-state index contributed by atoms with van der Waals surface area (Å²) in [6.45, 7) is 1.92. The van der Waals surface area contributed by atoms with E-state index in [4.69, 9.17) is 4.74 Å². The van der Waals surface area contributed by atoms with Gasteiger partial charge in [0.15, 0.2) is 11.9 Å². The van der Waals surface area contributed by atoms with Gasteiger partial charge in [0, 0.05) is 11.8 Å². The number of nitrogens with zero attached hydrogens (tertiary/aromatic N) is 2. The summed E-state index contributed by atoms with van der Waals surface area (Å²) in [5.74, 6) is -0.382. The number of rotatable bonds is 3. The summed E-state index contributed by atoms with van der Waals surface area (Å²) in [5, 5.41) is 5.51. The summed E-state index contributed by atoms with van der Waals surface area (Å²) in [5.41, 5.74) is 1.81. The number of ether oxygens (including phenoxy) is 1. The van der Waals surface area contributed by atoms with Gasteiger partial charge in [0.1, 0.15) is 9.71 Å². The molecule has 6 heteroatoms. The van der Waals surface area contributed by atoms with Gasteiger partial charge in [-0.15, -0.1) is 11.3 Å². The first-order valence-corrected chi connectivity index (χ1v) is 9.23. The van der Waals surface area contributed by atoms with Crippen LogP contribution in [0.2, 0.25) is 0 Å². The Kier molecular flexibility index (Phi) is 4.13. The standard InChI is InChI=1S/C19H18N2O3S/c1-12-14-11-17(19(23)24-16-10-6-5-9-15(16)22)25-18(14)21(20-12)13-7-3-2-4-8-13/h2-4,7-8,11,16H,5-6,9-10H2,1H3/t16-/m0/s1. The molecule has 1 atom stereocenters. The number of hydrogen-bond acceptors (Lipinski definition) is 5. The van der Waals surface area contributed by atoms with Gasteiger partial charge in [-0.25, -0.2) is 9.48 Å². The van der Waals surface area contributed by atoms with E-state index in [1.807, 2.05) is 48.0 Å². The zero-order valence-electron chi connectivity index (χ0n) is 13.9. The van der Waals surface area contributed by atoms with Gasteiger partial charge in [0.25, 0.3) is 0 Å². The van der Waals surface area contributed by atoms with Crippen LogP contribution in [0.15, 0.2) is 36.4 Å². The number of benzene rings is 1. The summed E-state index contributed by atoms with van der Waals surface area (Å²) < 4.78 is 7.31. The molecule has 2 aromatic heterocycles. The maximum atomic E-state index is 12.5. The van der Waals surface area contributed by atoms with Crippen molar-refractivity contribution in [2.75, 3.05) is 0 Å². The molecule has 1 fully saturated rings. The molecule has 0 unspecified atom stereocenters. The fourth-order valence-corrected chi connectivity index (χ4v) is 4.22. The number of fused-ring (bicyclic) bond motifs is 1. The first-order valence-electron chi connectivity index (χ1n) is 8.42. The Bertz CT molecular complexity index is 942. The van der Waals surface area contributed by atoms with E-state index in [-0.39, 0.29) is 5.78 Å². The molecule has 25 heavy (non-hydrogen) atoms. The van der Waals surface area contributed by atoms with Crippen molar-refractivity contribution >= 4 is 33.3 Å². The van der Waals surface area contributed by atoms with Crippen LogP contribution >= 0.6 is 11.3 Å². The van der Waals surface area contributed by atoms with Crippen molar-refractivity contribution in [1.82, 2.24) is 9.78 Å². The van der Waals surface area contributed by atoms with Crippen LogP contribution in [0.25, 0.3) is 15.9 Å².